The van der Waals surface area contributed by atoms with Crippen LogP contribution in [0.4, 0.5) is 0 Å². The molecule has 0 spiro atoms. The number of benzene rings is 9. The second-order valence-corrected chi connectivity index (χ2v) is 17.2. The number of fused-ring (bicyclic) bond motifs is 9. The monoisotopic (exact) mass is 883 g/mol. The van der Waals surface area contributed by atoms with Crippen molar-refractivity contribution in [3.8, 4) is 68.2 Å². The lowest BCUT2D eigenvalue weighted by Crippen LogP contribution is -2.04. The maximum atomic E-state index is 6.51. The van der Waals surface area contributed by atoms with Crippen molar-refractivity contribution < 1.29 is 4.42 Å². The summed E-state index contributed by atoms with van der Waals surface area (Å²) in [5.74, 6) is 2.22. The van der Waals surface area contributed by atoms with Crippen molar-refractivity contribution in [3.05, 3.63) is 224 Å². The van der Waals surface area contributed by atoms with Crippen molar-refractivity contribution >= 4 is 65.7 Å². The molecule has 0 aliphatic rings. The van der Waals surface area contributed by atoms with Crippen molar-refractivity contribution in [2.24, 2.45) is 0 Å². The van der Waals surface area contributed by atoms with Crippen molar-refractivity contribution in [1.82, 2.24) is 34.1 Å². The average molecular weight is 884 g/mol. The summed E-state index contributed by atoms with van der Waals surface area (Å²) in [4.78, 5) is 26.4. The van der Waals surface area contributed by atoms with Crippen LogP contribution in [0.2, 0.25) is 0 Å². The molecule has 14 rings (SSSR count). The van der Waals surface area contributed by atoms with Crippen molar-refractivity contribution in [2.75, 3.05) is 0 Å². The molecule has 322 valence electrons. The SMILES string of the molecule is c1ccc(-c2nc(-c3ccccc3)nc(-c3cc(-c4nc(-c5ccccc5)c5oc6ccccc6c5n4)ccc3-n3c4ccccc4c4cc5c(cc43)c3ccccc3n5-c3ccccc3)n2)cc1. The molecule has 0 bridgehead atoms. The number of hydrogen-bond donors (Lipinski definition) is 0. The van der Waals surface area contributed by atoms with Crippen LogP contribution >= 0.6 is 0 Å². The highest BCUT2D eigenvalue weighted by molar-refractivity contribution is 6.19. The first-order valence-corrected chi connectivity index (χ1v) is 23.0. The molecule has 0 fully saturated rings. The van der Waals surface area contributed by atoms with E-state index in [0.29, 0.717) is 28.9 Å². The first kappa shape index (κ1) is 38.7. The first-order valence-electron chi connectivity index (χ1n) is 23.0. The molecule has 0 aliphatic heterocycles. The molecule has 0 saturated heterocycles. The fourth-order valence-corrected chi connectivity index (χ4v) is 10.0. The van der Waals surface area contributed by atoms with Gasteiger partial charge in [-0.1, -0.05) is 158 Å². The molecule has 0 aliphatic carbocycles. The lowest BCUT2D eigenvalue weighted by atomic mass is 10.0. The van der Waals surface area contributed by atoms with Crippen LogP contribution in [-0.2, 0) is 0 Å². The van der Waals surface area contributed by atoms with Crippen LogP contribution in [0.5, 0.6) is 0 Å². The second kappa shape index (κ2) is 15.5. The zero-order chi connectivity index (χ0) is 45.4. The lowest BCUT2D eigenvalue weighted by Gasteiger charge is -2.16. The third-order valence-corrected chi connectivity index (χ3v) is 13.2. The number of rotatable bonds is 7. The van der Waals surface area contributed by atoms with E-state index in [9.17, 15) is 0 Å². The van der Waals surface area contributed by atoms with Gasteiger partial charge in [0.2, 0.25) is 0 Å². The van der Waals surface area contributed by atoms with Crippen LogP contribution in [0.3, 0.4) is 0 Å². The van der Waals surface area contributed by atoms with Gasteiger partial charge in [-0.25, -0.2) is 24.9 Å². The quantitative estimate of drug-likeness (QED) is 0.158. The normalized spacial score (nSPS) is 11.8. The molecule has 0 amide bonds. The number of para-hydroxylation sites is 4. The highest BCUT2D eigenvalue weighted by Crippen LogP contribution is 2.43. The third-order valence-electron chi connectivity index (χ3n) is 13.2. The molecule has 8 nitrogen and oxygen atoms in total. The molecule has 0 saturated carbocycles. The molecule has 0 N–H and O–H groups in total. The molecular formula is C61H37N7O. The molecule has 0 radical (unpaired) electrons. The molecular weight excluding hydrogens is 847 g/mol. The predicted molar refractivity (Wildman–Crippen MR) is 279 cm³/mol. The fourth-order valence-electron chi connectivity index (χ4n) is 10.0. The van der Waals surface area contributed by atoms with Gasteiger partial charge in [-0.2, -0.15) is 0 Å². The molecule has 69 heavy (non-hydrogen) atoms. The maximum Gasteiger partial charge on any atom is 0.180 e. The summed E-state index contributed by atoms with van der Waals surface area (Å²) in [7, 11) is 0. The highest BCUT2D eigenvalue weighted by Gasteiger charge is 2.24. The topological polar surface area (TPSA) is 87.5 Å². The van der Waals surface area contributed by atoms with Gasteiger partial charge in [-0.05, 0) is 66.7 Å². The van der Waals surface area contributed by atoms with E-state index in [2.05, 4.69) is 137 Å². The van der Waals surface area contributed by atoms with Crippen LogP contribution in [0, 0.1) is 0 Å². The van der Waals surface area contributed by atoms with E-state index in [-0.39, 0.29) is 0 Å². The minimum absolute atomic E-state index is 0.519. The Balaban J connectivity index is 1.09. The van der Waals surface area contributed by atoms with Crippen LogP contribution < -0.4 is 0 Å². The van der Waals surface area contributed by atoms with Gasteiger partial charge in [0.15, 0.2) is 28.9 Å². The zero-order valence-corrected chi connectivity index (χ0v) is 36.9. The Morgan fingerprint density at radius 1 is 0.319 bits per heavy atom. The zero-order valence-electron chi connectivity index (χ0n) is 36.9. The van der Waals surface area contributed by atoms with Crippen LogP contribution in [-0.4, -0.2) is 34.1 Å². The van der Waals surface area contributed by atoms with Crippen molar-refractivity contribution in [3.63, 3.8) is 0 Å². The summed E-state index contributed by atoms with van der Waals surface area (Å²) >= 11 is 0. The van der Waals surface area contributed by atoms with E-state index in [1.54, 1.807) is 0 Å². The van der Waals surface area contributed by atoms with Crippen LogP contribution in [0.15, 0.2) is 229 Å². The van der Waals surface area contributed by atoms with E-state index in [1.807, 2.05) is 97.1 Å². The standard InChI is InChI=1S/C61H37N7O/c1-5-19-38(20-6-1)55-57-56(45-29-15-18-32-54(45)69-57)63-60(62-55)41-33-34-51(48(35-41)61-65-58(39-21-7-2-8-22-39)64-59(66-61)40-23-9-3-10-24-40)68-50-31-17-14-28-44(50)47-36-52-46(37-53(47)68)43-27-13-16-30-49(43)67(52)42-25-11-4-12-26-42/h1-37H. The average Bonchev–Trinajstić information content (AvgIpc) is 4.08. The van der Waals surface area contributed by atoms with Crippen LogP contribution in [0.1, 0.15) is 0 Å². The third kappa shape index (κ3) is 6.27. The van der Waals surface area contributed by atoms with Gasteiger partial charge < -0.3 is 13.6 Å². The van der Waals surface area contributed by atoms with E-state index in [0.717, 1.165) is 99.6 Å². The highest BCUT2D eigenvalue weighted by atomic mass is 16.3. The number of furan rings is 1. The minimum atomic E-state index is 0.519. The summed E-state index contributed by atoms with van der Waals surface area (Å²) in [6.07, 6.45) is 0. The Kier molecular flexibility index (Phi) is 8.72. The second-order valence-electron chi connectivity index (χ2n) is 17.2. The van der Waals surface area contributed by atoms with Crippen molar-refractivity contribution in [1.29, 1.82) is 0 Å². The number of aromatic nitrogens is 7. The Hall–Kier alpha value is -9.53. The summed E-state index contributed by atoms with van der Waals surface area (Å²) in [5.41, 5.74) is 13.6. The molecule has 9 aromatic carbocycles. The smallest absolute Gasteiger partial charge is 0.180 e. The van der Waals surface area contributed by atoms with E-state index in [4.69, 9.17) is 29.3 Å². The molecule has 14 aromatic rings. The largest absolute Gasteiger partial charge is 0.452 e. The Morgan fingerprint density at radius 3 is 1.45 bits per heavy atom. The van der Waals surface area contributed by atoms with Gasteiger partial charge >= 0.3 is 0 Å². The minimum Gasteiger partial charge on any atom is -0.452 e. The fraction of sp³-hybridized carbons (Fsp3) is 0. The summed E-state index contributed by atoms with van der Waals surface area (Å²) in [6, 6.07) is 77.5. The summed E-state index contributed by atoms with van der Waals surface area (Å²) in [6.45, 7) is 0. The molecule has 0 unspecified atom stereocenters. The van der Waals surface area contributed by atoms with Gasteiger partial charge in [0.05, 0.1) is 27.8 Å². The molecule has 0 atom stereocenters. The van der Waals surface area contributed by atoms with Gasteiger partial charge in [-0.3, -0.25) is 0 Å². The summed E-state index contributed by atoms with van der Waals surface area (Å²) < 4.78 is 11.3. The van der Waals surface area contributed by atoms with Crippen molar-refractivity contribution in [2.45, 2.75) is 0 Å². The summed E-state index contributed by atoms with van der Waals surface area (Å²) in [5, 5.41) is 5.52. The van der Waals surface area contributed by atoms with Gasteiger partial charge in [0.1, 0.15) is 16.8 Å². The molecule has 5 heterocycles. The van der Waals surface area contributed by atoms with E-state index < -0.39 is 0 Å². The molecule has 5 aromatic heterocycles. The number of hydrogen-bond acceptors (Lipinski definition) is 6. The predicted octanol–water partition coefficient (Wildman–Crippen LogP) is 15.1. The Bertz CT molecular complexity index is 4240. The Morgan fingerprint density at radius 2 is 0.812 bits per heavy atom. The molecule has 8 heteroatoms. The van der Waals surface area contributed by atoms with Crippen LogP contribution in [0.25, 0.3) is 134 Å². The van der Waals surface area contributed by atoms with Gasteiger partial charge in [0, 0.05) is 60.4 Å². The Labute approximate surface area is 395 Å². The van der Waals surface area contributed by atoms with Gasteiger partial charge in [0.25, 0.3) is 0 Å². The van der Waals surface area contributed by atoms with E-state index >= 15 is 0 Å². The first-order chi connectivity index (χ1) is 34.2. The lowest BCUT2D eigenvalue weighted by molar-refractivity contribution is 0.667. The maximum absolute atomic E-state index is 6.51. The van der Waals surface area contributed by atoms with Gasteiger partial charge in [-0.15, -0.1) is 0 Å². The number of nitrogens with zero attached hydrogens (tertiary/aromatic N) is 7. The van der Waals surface area contributed by atoms with E-state index in [1.165, 1.54) is 5.39 Å².